The number of nitro groups is 1. The summed E-state index contributed by atoms with van der Waals surface area (Å²) in [6.45, 7) is 1.30. The lowest BCUT2D eigenvalue weighted by Crippen LogP contribution is -2.00. The van der Waals surface area contributed by atoms with Crippen LogP contribution in [0.3, 0.4) is 0 Å². The van der Waals surface area contributed by atoms with Crippen molar-refractivity contribution < 1.29 is 15.1 Å². The molecule has 0 unspecified atom stereocenters. The molecule has 0 radical (unpaired) electrons. The Kier molecular flexibility index (Phi) is 4.64. The van der Waals surface area contributed by atoms with E-state index >= 15 is 0 Å². The summed E-state index contributed by atoms with van der Waals surface area (Å²) in [5.74, 6) is -0.0975. The van der Waals surface area contributed by atoms with Gasteiger partial charge < -0.3 is 10.2 Å². The molecule has 8 heteroatoms. The highest BCUT2D eigenvalue weighted by molar-refractivity contribution is 5.86. The van der Waals surface area contributed by atoms with Gasteiger partial charge in [0.05, 0.1) is 23.4 Å². The number of nitrogens with one attached hydrogen (secondary N) is 1. The second-order valence-electron chi connectivity index (χ2n) is 4.43. The molecule has 2 aromatic rings. The average Bonchev–Trinajstić information content (AvgIpc) is 2.52. The molecular formula is C14H14N4O4. The minimum atomic E-state index is -0.523. The molecule has 0 saturated heterocycles. The van der Waals surface area contributed by atoms with Crippen molar-refractivity contribution in [2.75, 3.05) is 5.43 Å². The minimum absolute atomic E-state index is 0.0975. The number of nitro benzene ring substituents is 1. The Morgan fingerprint density at radius 1 is 1.45 bits per heavy atom. The molecule has 1 heterocycles. The van der Waals surface area contributed by atoms with E-state index in [0.29, 0.717) is 16.8 Å². The van der Waals surface area contributed by atoms with Gasteiger partial charge >= 0.3 is 0 Å². The molecule has 114 valence electrons. The Hall–Kier alpha value is -3.00. The molecule has 1 aromatic heterocycles. The third kappa shape index (κ3) is 3.18. The van der Waals surface area contributed by atoms with Crippen molar-refractivity contribution in [2.45, 2.75) is 13.5 Å². The van der Waals surface area contributed by atoms with E-state index in [-0.39, 0.29) is 23.7 Å². The molecule has 0 aliphatic rings. The standard InChI is InChI=1S/C14H14N4O4/c1-9-14(20)11(10(8-19)6-15-9)7-16-17-12-4-2-3-5-13(12)18(21)22/h2-7,17,19-20H,8H2,1H3/b16-7+. The van der Waals surface area contributed by atoms with E-state index in [0.717, 1.165) is 0 Å². The van der Waals surface area contributed by atoms with Gasteiger partial charge in [0, 0.05) is 23.4 Å². The van der Waals surface area contributed by atoms with Crippen molar-refractivity contribution in [2.24, 2.45) is 5.10 Å². The smallest absolute Gasteiger partial charge is 0.294 e. The zero-order chi connectivity index (χ0) is 16.1. The SMILES string of the molecule is Cc1ncc(CO)c(/C=N/Nc2ccccc2[N+](=O)[O-])c1O. The van der Waals surface area contributed by atoms with Crippen LogP contribution in [-0.4, -0.2) is 26.3 Å². The van der Waals surface area contributed by atoms with Crippen molar-refractivity contribution in [3.05, 3.63) is 57.4 Å². The first-order chi connectivity index (χ1) is 10.5. The van der Waals surface area contributed by atoms with Crippen LogP contribution in [0, 0.1) is 17.0 Å². The fourth-order valence-corrected chi connectivity index (χ4v) is 1.82. The normalized spacial score (nSPS) is 10.8. The highest BCUT2D eigenvalue weighted by Crippen LogP contribution is 2.24. The second-order valence-corrected chi connectivity index (χ2v) is 4.43. The lowest BCUT2D eigenvalue weighted by Gasteiger charge is -2.07. The van der Waals surface area contributed by atoms with Crippen LogP contribution in [0.2, 0.25) is 0 Å². The van der Waals surface area contributed by atoms with Gasteiger partial charge in [-0.05, 0) is 13.0 Å². The number of pyridine rings is 1. The number of aliphatic hydroxyl groups excluding tert-OH is 1. The number of aromatic nitrogens is 1. The highest BCUT2D eigenvalue weighted by Gasteiger charge is 2.12. The lowest BCUT2D eigenvalue weighted by atomic mass is 10.1. The summed E-state index contributed by atoms with van der Waals surface area (Å²) in [4.78, 5) is 14.3. The van der Waals surface area contributed by atoms with Gasteiger partial charge in [-0.2, -0.15) is 5.10 Å². The van der Waals surface area contributed by atoms with Crippen LogP contribution in [0.15, 0.2) is 35.6 Å². The second kappa shape index (κ2) is 6.64. The van der Waals surface area contributed by atoms with E-state index in [1.807, 2.05) is 0 Å². The number of benzene rings is 1. The maximum atomic E-state index is 10.9. The van der Waals surface area contributed by atoms with Crippen LogP contribution in [-0.2, 0) is 6.61 Å². The zero-order valence-electron chi connectivity index (χ0n) is 11.7. The van der Waals surface area contributed by atoms with Crippen LogP contribution in [0.25, 0.3) is 0 Å². The Labute approximate surface area is 125 Å². The lowest BCUT2D eigenvalue weighted by molar-refractivity contribution is -0.384. The highest BCUT2D eigenvalue weighted by atomic mass is 16.6. The number of rotatable bonds is 5. The summed E-state index contributed by atoms with van der Waals surface area (Å²) in [5.41, 5.74) is 3.76. The molecule has 0 amide bonds. The molecule has 1 aromatic carbocycles. The molecule has 8 nitrogen and oxygen atoms in total. The van der Waals surface area contributed by atoms with Crippen LogP contribution in [0.4, 0.5) is 11.4 Å². The number of hydrogen-bond donors (Lipinski definition) is 3. The number of aryl methyl sites for hydroxylation is 1. The molecule has 0 atom stereocenters. The molecule has 0 aliphatic heterocycles. The van der Waals surface area contributed by atoms with Gasteiger partial charge in [0.1, 0.15) is 11.4 Å². The number of para-hydroxylation sites is 2. The Bertz CT molecular complexity index is 731. The van der Waals surface area contributed by atoms with E-state index in [1.54, 1.807) is 19.1 Å². The maximum absolute atomic E-state index is 10.9. The van der Waals surface area contributed by atoms with Crippen LogP contribution in [0.5, 0.6) is 5.75 Å². The van der Waals surface area contributed by atoms with Crippen molar-refractivity contribution in [3.63, 3.8) is 0 Å². The number of nitrogens with zero attached hydrogens (tertiary/aromatic N) is 3. The van der Waals surface area contributed by atoms with Crippen LogP contribution in [0.1, 0.15) is 16.8 Å². The van der Waals surface area contributed by atoms with Gasteiger partial charge in [0.2, 0.25) is 0 Å². The van der Waals surface area contributed by atoms with Gasteiger partial charge in [0.25, 0.3) is 5.69 Å². The fraction of sp³-hybridized carbons (Fsp3) is 0.143. The summed E-state index contributed by atoms with van der Waals surface area (Å²) in [6, 6.07) is 6.05. The van der Waals surface area contributed by atoms with E-state index in [2.05, 4.69) is 15.5 Å². The third-order valence-electron chi connectivity index (χ3n) is 3.01. The third-order valence-corrected chi connectivity index (χ3v) is 3.01. The van der Waals surface area contributed by atoms with Gasteiger partial charge in [-0.25, -0.2) is 0 Å². The Morgan fingerprint density at radius 2 is 2.18 bits per heavy atom. The molecule has 2 rings (SSSR count). The minimum Gasteiger partial charge on any atom is -0.505 e. The molecule has 0 bridgehead atoms. The van der Waals surface area contributed by atoms with Crippen molar-refractivity contribution in [3.8, 4) is 5.75 Å². The molecule has 3 N–H and O–H groups in total. The van der Waals surface area contributed by atoms with Crippen LogP contribution < -0.4 is 5.43 Å². The van der Waals surface area contributed by atoms with Crippen molar-refractivity contribution in [1.29, 1.82) is 0 Å². The summed E-state index contributed by atoms with van der Waals surface area (Å²) < 4.78 is 0. The van der Waals surface area contributed by atoms with Crippen molar-refractivity contribution >= 4 is 17.6 Å². The monoisotopic (exact) mass is 302 g/mol. The molecular weight excluding hydrogens is 288 g/mol. The molecule has 0 fully saturated rings. The number of hydrazone groups is 1. The summed E-state index contributed by atoms with van der Waals surface area (Å²) in [5, 5.41) is 34.0. The summed E-state index contributed by atoms with van der Waals surface area (Å²) in [7, 11) is 0. The van der Waals surface area contributed by atoms with Gasteiger partial charge in [-0.1, -0.05) is 12.1 Å². The number of hydrogen-bond acceptors (Lipinski definition) is 7. The largest absolute Gasteiger partial charge is 0.505 e. The predicted molar refractivity (Wildman–Crippen MR) is 80.9 cm³/mol. The van der Waals surface area contributed by atoms with E-state index in [4.69, 9.17) is 0 Å². The number of aromatic hydroxyl groups is 1. The first-order valence-corrected chi connectivity index (χ1v) is 6.35. The summed E-state index contributed by atoms with van der Waals surface area (Å²) in [6.07, 6.45) is 2.72. The van der Waals surface area contributed by atoms with Crippen molar-refractivity contribution in [1.82, 2.24) is 4.98 Å². The van der Waals surface area contributed by atoms with Gasteiger partial charge in [-0.3, -0.25) is 20.5 Å². The zero-order valence-corrected chi connectivity index (χ0v) is 11.7. The molecule has 0 saturated carbocycles. The number of aliphatic hydroxyl groups is 1. The Balaban J connectivity index is 2.28. The molecule has 0 aliphatic carbocycles. The quantitative estimate of drug-likeness (QED) is 0.441. The fourth-order valence-electron chi connectivity index (χ4n) is 1.82. The molecule has 22 heavy (non-hydrogen) atoms. The Morgan fingerprint density at radius 3 is 2.86 bits per heavy atom. The average molecular weight is 302 g/mol. The van der Waals surface area contributed by atoms with E-state index in [1.165, 1.54) is 24.5 Å². The summed E-state index contributed by atoms with van der Waals surface area (Å²) >= 11 is 0. The topological polar surface area (TPSA) is 121 Å². The van der Waals surface area contributed by atoms with Gasteiger partial charge in [0.15, 0.2) is 0 Å². The first-order valence-electron chi connectivity index (χ1n) is 6.35. The van der Waals surface area contributed by atoms with Gasteiger partial charge in [-0.15, -0.1) is 0 Å². The number of anilines is 1. The van der Waals surface area contributed by atoms with E-state index < -0.39 is 4.92 Å². The van der Waals surface area contributed by atoms with E-state index in [9.17, 15) is 20.3 Å². The molecule has 0 spiro atoms. The predicted octanol–water partition coefficient (Wildman–Crippen LogP) is 1.94. The first kappa shape index (κ1) is 15.4. The maximum Gasteiger partial charge on any atom is 0.294 e. The van der Waals surface area contributed by atoms with Crippen LogP contribution >= 0.6 is 0 Å².